The van der Waals surface area contributed by atoms with E-state index in [1.165, 1.54) is 0 Å². The number of carbonyl (C=O) groups is 1. The van der Waals surface area contributed by atoms with Crippen LogP contribution in [0.3, 0.4) is 0 Å². The van der Waals surface area contributed by atoms with Crippen LogP contribution in [0.15, 0.2) is 30.5 Å². The number of carbonyl (C=O) groups excluding carboxylic acids is 1. The second-order valence-electron chi connectivity index (χ2n) is 4.73. The van der Waals surface area contributed by atoms with E-state index in [0.29, 0.717) is 12.2 Å². The molecule has 1 amide bonds. The normalized spacial score (nSPS) is 12.0. The van der Waals surface area contributed by atoms with E-state index in [0.717, 1.165) is 11.3 Å². The number of ether oxygens (including phenoxy) is 1. The number of hydrogen-bond acceptors (Lipinski definition) is 4. The number of nitrogens with one attached hydrogen (secondary N) is 1. The van der Waals surface area contributed by atoms with E-state index in [4.69, 9.17) is 10.5 Å². The lowest BCUT2D eigenvalue weighted by Crippen LogP contribution is -2.28. The molecule has 1 aromatic carbocycles. The summed E-state index contributed by atoms with van der Waals surface area (Å²) in [6.07, 6.45) is 1.66. The number of hydrogen-bond donors (Lipinski definition) is 2. The molecule has 6 nitrogen and oxygen atoms in total. The van der Waals surface area contributed by atoms with Crippen LogP contribution in [0.1, 0.15) is 35.9 Å². The number of anilines is 1. The number of nitrogen functional groups attached to an aromatic ring is 1. The molecular formula is C15H20N4O2. The zero-order valence-electron chi connectivity index (χ0n) is 12.5. The fourth-order valence-electron chi connectivity index (χ4n) is 2.14. The predicted octanol–water partition coefficient (Wildman–Crippen LogP) is 1.98. The molecule has 1 heterocycles. The molecule has 0 bridgehead atoms. The molecule has 0 aliphatic carbocycles. The standard InChI is InChI=1S/C15H20N4O2/c1-4-19-9-12(16)14(18-19)15(20)17-10(2)11-7-5-6-8-13(11)21-3/h5-10H,4,16H2,1-3H3,(H,17,20). The second kappa shape index (κ2) is 6.30. The van der Waals surface area contributed by atoms with Gasteiger partial charge in [-0.05, 0) is 19.9 Å². The molecule has 0 spiro atoms. The van der Waals surface area contributed by atoms with Crippen molar-refractivity contribution in [2.24, 2.45) is 0 Å². The molecule has 0 fully saturated rings. The van der Waals surface area contributed by atoms with Crippen molar-refractivity contribution in [3.63, 3.8) is 0 Å². The number of aryl methyl sites for hydroxylation is 1. The quantitative estimate of drug-likeness (QED) is 0.881. The first-order valence-electron chi connectivity index (χ1n) is 6.83. The number of nitrogens with zero attached hydrogens (tertiary/aromatic N) is 2. The Kier molecular flexibility index (Phi) is 4.47. The highest BCUT2D eigenvalue weighted by Gasteiger charge is 2.19. The molecule has 21 heavy (non-hydrogen) atoms. The summed E-state index contributed by atoms with van der Waals surface area (Å²) >= 11 is 0. The number of nitrogens with two attached hydrogens (primary N) is 1. The van der Waals surface area contributed by atoms with Crippen molar-refractivity contribution in [3.8, 4) is 5.75 Å². The van der Waals surface area contributed by atoms with Crippen molar-refractivity contribution >= 4 is 11.6 Å². The summed E-state index contributed by atoms with van der Waals surface area (Å²) in [4.78, 5) is 12.3. The molecule has 1 atom stereocenters. The lowest BCUT2D eigenvalue weighted by atomic mass is 10.1. The maximum Gasteiger partial charge on any atom is 0.274 e. The van der Waals surface area contributed by atoms with Crippen LogP contribution in [0.2, 0.25) is 0 Å². The lowest BCUT2D eigenvalue weighted by Gasteiger charge is -2.16. The predicted molar refractivity (Wildman–Crippen MR) is 81.2 cm³/mol. The molecule has 0 aliphatic rings. The van der Waals surface area contributed by atoms with Gasteiger partial charge in [0.25, 0.3) is 5.91 Å². The first-order valence-corrected chi connectivity index (χ1v) is 6.83. The molecule has 2 aromatic rings. The van der Waals surface area contributed by atoms with Crippen LogP contribution in [0.5, 0.6) is 5.75 Å². The zero-order valence-corrected chi connectivity index (χ0v) is 12.5. The summed E-state index contributed by atoms with van der Waals surface area (Å²) in [5, 5.41) is 7.06. The van der Waals surface area contributed by atoms with Gasteiger partial charge in [-0.15, -0.1) is 0 Å². The number of methoxy groups -OCH3 is 1. The fourth-order valence-corrected chi connectivity index (χ4v) is 2.14. The molecule has 0 saturated heterocycles. The van der Waals surface area contributed by atoms with Gasteiger partial charge in [-0.25, -0.2) is 0 Å². The molecule has 112 valence electrons. The van der Waals surface area contributed by atoms with E-state index in [9.17, 15) is 4.79 Å². The Labute approximate surface area is 123 Å². The Balaban J connectivity index is 2.16. The highest BCUT2D eigenvalue weighted by Crippen LogP contribution is 2.24. The monoisotopic (exact) mass is 288 g/mol. The summed E-state index contributed by atoms with van der Waals surface area (Å²) < 4.78 is 6.94. The minimum Gasteiger partial charge on any atom is -0.496 e. The van der Waals surface area contributed by atoms with Gasteiger partial charge in [0.2, 0.25) is 0 Å². The van der Waals surface area contributed by atoms with Crippen molar-refractivity contribution in [2.45, 2.75) is 26.4 Å². The van der Waals surface area contributed by atoms with Gasteiger partial charge in [0.05, 0.1) is 18.8 Å². The van der Waals surface area contributed by atoms with Crippen molar-refractivity contribution in [3.05, 3.63) is 41.7 Å². The van der Waals surface area contributed by atoms with E-state index in [2.05, 4.69) is 10.4 Å². The Morgan fingerprint density at radius 3 is 2.81 bits per heavy atom. The molecule has 0 saturated carbocycles. The maximum atomic E-state index is 12.3. The van der Waals surface area contributed by atoms with Crippen LogP contribution in [0, 0.1) is 0 Å². The molecule has 2 rings (SSSR count). The lowest BCUT2D eigenvalue weighted by molar-refractivity contribution is 0.0934. The van der Waals surface area contributed by atoms with E-state index < -0.39 is 0 Å². The summed E-state index contributed by atoms with van der Waals surface area (Å²) in [6.45, 7) is 4.49. The van der Waals surface area contributed by atoms with Crippen LogP contribution < -0.4 is 15.8 Å². The molecule has 0 radical (unpaired) electrons. The van der Waals surface area contributed by atoms with Crippen LogP contribution >= 0.6 is 0 Å². The summed E-state index contributed by atoms with van der Waals surface area (Å²) in [6, 6.07) is 7.36. The van der Waals surface area contributed by atoms with Gasteiger partial charge in [0.1, 0.15) is 5.75 Å². The van der Waals surface area contributed by atoms with E-state index >= 15 is 0 Å². The smallest absolute Gasteiger partial charge is 0.274 e. The highest BCUT2D eigenvalue weighted by atomic mass is 16.5. The molecule has 6 heteroatoms. The van der Waals surface area contributed by atoms with Crippen LogP contribution in [-0.4, -0.2) is 22.8 Å². The van der Waals surface area contributed by atoms with Crippen molar-refractivity contribution < 1.29 is 9.53 Å². The zero-order chi connectivity index (χ0) is 15.4. The number of amides is 1. The Bertz CT molecular complexity index is 636. The SMILES string of the molecule is CCn1cc(N)c(C(=O)NC(C)c2ccccc2OC)n1. The Morgan fingerprint density at radius 2 is 2.19 bits per heavy atom. The second-order valence-corrected chi connectivity index (χ2v) is 4.73. The summed E-state index contributed by atoms with van der Waals surface area (Å²) in [5.74, 6) is 0.440. The molecule has 3 N–H and O–H groups in total. The minimum absolute atomic E-state index is 0.208. The summed E-state index contributed by atoms with van der Waals surface area (Å²) in [5.41, 5.74) is 7.35. The highest BCUT2D eigenvalue weighted by molar-refractivity contribution is 5.97. The Morgan fingerprint density at radius 1 is 1.48 bits per heavy atom. The van der Waals surface area contributed by atoms with E-state index in [1.807, 2.05) is 38.1 Å². The van der Waals surface area contributed by atoms with Crippen LogP contribution in [-0.2, 0) is 6.54 Å². The first-order chi connectivity index (χ1) is 10.1. The van der Waals surface area contributed by atoms with Crippen molar-refractivity contribution in [1.82, 2.24) is 15.1 Å². The van der Waals surface area contributed by atoms with Gasteiger partial charge in [-0.3, -0.25) is 9.48 Å². The Hall–Kier alpha value is -2.50. The fraction of sp³-hybridized carbons (Fsp3) is 0.333. The number of rotatable bonds is 5. The minimum atomic E-state index is -0.293. The van der Waals surface area contributed by atoms with Gasteiger partial charge in [0, 0.05) is 18.3 Å². The van der Waals surface area contributed by atoms with Gasteiger partial charge >= 0.3 is 0 Å². The average Bonchev–Trinajstić information content (AvgIpc) is 2.88. The van der Waals surface area contributed by atoms with Gasteiger partial charge in [0.15, 0.2) is 5.69 Å². The first kappa shape index (κ1) is 14.9. The summed E-state index contributed by atoms with van der Waals surface area (Å²) in [7, 11) is 1.61. The van der Waals surface area contributed by atoms with E-state index in [-0.39, 0.29) is 17.6 Å². The van der Waals surface area contributed by atoms with Crippen molar-refractivity contribution in [2.75, 3.05) is 12.8 Å². The maximum absolute atomic E-state index is 12.3. The number of benzene rings is 1. The number of aromatic nitrogens is 2. The topological polar surface area (TPSA) is 82.2 Å². The molecular weight excluding hydrogens is 268 g/mol. The molecule has 1 unspecified atom stereocenters. The van der Waals surface area contributed by atoms with Gasteiger partial charge in [-0.2, -0.15) is 5.10 Å². The molecule has 0 aliphatic heterocycles. The number of para-hydroxylation sites is 1. The molecule has 1 aromatic heterocycles. The van der Waals surface area contributed by atoms with E-state index in [1.54, 1.807) is 18.0 Å². The average molecular weight is 288 g/mol. The third kappa shape index (κ3) is 3.16. The van der Waals surface area contributed by atoms with Crippen LogP contribution in [0.4, 0.5) is 5.69 Å². The van der Waals surface area contributed by atoms with Crippen LogP contribution in [0.25, 0.3) is 0 Å². The third-order valence-electron chi connectivity index (χ3n) is 3.28. The third-order valence-corrected chi connectivity index (χ3v) is 3.28. The van der Waals surface area contributed by atoms with Crippen molar-refractivity contribution in [1.29, 1.82) is 0 Å². The largest absolute Gasteiger partial charge is 0.496 e. The van der Waals surface area contributed by atoms with Gasteiger partial charge in [-0.1, -0.05) is 18.2 Å². The van der Waals surface area contributed by atoms with Gasteiger partial charge < -0.3 is 15.8 Å².